The number of anilines is 1. The van der Waals surface area contributed by atoms with E-state index in [9.17, 15) is 0 Å². The third-order valence-electron chi connectivity index (χ3n) is 2.27. The van der Waals surface area contributed by atoms with E-state index in [1.54, 1.807) is 24.6 Å². The van der Waals surface area contributed by atoms with E-state index < -0.39 is 0 Å². The molecule has 0 saturated carbocycles. The molecule has 16 heavy (non-hydrogen) atoms. The monoisotopic (exact) mass is 234 g/mol. The van der Waals surface area contributed by atoms with Gasteiger partial charge in [-0.3, -0.25) is 0 Å². The van der Waals surface area contributed by atoms with Gasteiger partial charge in [0.2, 0.25) is 5.88 Å². The minimum Gasteiger partial charge on any atom is -0.481 e. The molecule has 0 saturated heterocycles. The summed E-state index contributed by atoms with van der Waals surface area (Å²) in [4.78, 5) is 4.06. The smallest absolute Gasteiger partial charge is 0.214 e. The Bertz CT molecular complexity index is 428. The topological polar surface area (TPSA) is 34.1 Å². The van der Waals surface area contributed by atoms with Crippen LogP contribution in [0.1, 0.15) is 5.56 Å². The number of methoxy groups -OCH3 is 1. The molecule has 0 bridgehead atoms. The second-order valence-electron chi connectivity index (χ2n) is 3.40. The highest BCUT2D eigenvalue weighted by molar-refractivity contribution is 7.07. The summed E-state index contributed by atoms with van der Waals surface area (Å²) < 4.78 is 5.06. The molecule has 4 heteroatoms. The molecule has 0 atom stereocenters. The Morgan fingerprint density at radius 3 is 3.12 bits per heavy atom. The van der Waals surface area contributed by atoms with E-state index in [2.05, 4.69) is 27.1 Å². The average Bonchev–Trinajstić information content (AvgIpc) is 2.82. The van der Waals surface area contributed by atoms with Crippen LogP contribution in [0.15, 0.2) is 35.2 Å². The summed E-state index contributed by atoms with van der Waals surface area (Å²) in [6.07, 6.45) is 2.78. The van der Waals surface area contributed by atoms with Gasteiger partial charge in [-0.1, -0.05) is 0 Å². The van der Waals surface area contributed by atoms with Crippen molar-refractivity contribution in [3.63, 3.8) is 0 Å². The minimum absolute atomic E-state index is 0.639. The minimum atomic E-state index is 0.639. The first-order valence-corrected chi connectivity index (χ1v) is 6.08. The number of nitrogens with one attached hydrogen (secondary N) is 1. The highest BCUT2D eigenvalue weighted by Gasteiger charge is 1.97. The van der Waals surface area contributed by atoms with Gasteiger partial charge in [-0.05, 0) is 34.9 Å². The molecule has 0 amide bonds. The van der Waals surface area contributed by atoms with E-state index in [-0.39, 0.29) is 0 Å². The predicted octanol–water partition coefficient (Wildman–Crippen LogP) is 2.81. The maximum Gasteiger partial charge on any atom is 0.214 e. The van der Waals surface area contributed by atoms with Gasteiger partial charge in [0.05, 0.1) is 7.11 Å². The number of hydrogen-bond donors (Lipinski definition) is 1. The Morgan fingerprint density at radius 2 is 2.38 bits per heavy atom. The highest BCUT2D eigenvalue weighted by atomic mass is 32.1. The molecule has 1 N–H and O–H groups in total. The molecule has 84 valence electrons. The van der Waals surface area contributed by atoms with Crippen molar-refractivity contribution in [3.05, 3.63) is 40.7 Å². The molecular formula is C12H14N2OS. The molecule has 2 rings (SSSR count). The number of ether oxygens (including phenoxy) is 1. The molecule has 3 nitrogen and oxygen atoms in total. The Balaban J connectivity index is 1.85. The van der Waals surface area contributed by atoms with Gasteiger partial charge in [0.1, 0.15) is 0 Å². The zero-order valence-corrected chi connectivity index (χ0v) is 9.96. The van der Waals surface area contributed by atoms with Crippen LogP contribution in [0.2, 0.25) is 0 Å². The number of aromatic nitrogens is 1. The van der Waals surface area contributed by atoms with Crippen molar-refractivity contribution in [3.8, 4) is 5.88 Å². The predicted molar refractivity (Wildman–Crippen MR) is 67.3 cm³/mol. The van der Waals surface area contributed by atoms with Gasteiger partial charge in [-0.2, -0.15) is 11.3 Å². The quantitative estimate of drug-likeness (QED) is 0.863. The summed E-state index contributed by atoms with van der Waals surface area (Å²) in [7, 11) is 1.62. The number of pyridine rings is 1. The number of rotatable bonds is 5. The van der Waals surface area contributed by atoms with Gasteiger partial charge in [-0.15, -0.1) is 0 Å². The standard InChI is InChI=1S/C12H14N2OS/c1-15-12-8-11(3-6-14-12)13-5-2-10-4-7-16-9-10/h3-4,6-9H,2,5H2,1H3,(H,13,14). The average molecular weight is 234 g/mol. The van der Waals surface area contributed by atoms with E-state index in [0.717, 1.165) is 18.7 Å². The molecule has 0 radical (unpaired) electrons. The van der Waals surface area contributed by atoms with Crippen molar-refractivity contribution in [2.75, 3.05) is 19.0 Å². The van der Waals surface area contributed by atoms with Crippen molar-refractivity contribution in [1.82, 2.24) is 4.98 Å². The third kappa shape index (κ3) is 2.97. The van der Waals surface area contributed by atoms with Gasteiger partial charge in [-0.25, -0.2) is 4.98 Å². The Morgan fingerprint density at radius 1 is 1.44 bits per heavy atom. The van der Waals surface area contributed by atoms with E-state index >= 15 is 0 Å². The van der Waals surface area contributed by atoms with E-state index in [0.29, 0.717) is 5.88 Å². The van der Waals surface area contributed by atoms with Crippen LogP contribution in [0, 0.1) is 0 Å². The second kappa shape index (κ2) is 5.51. The van der Waals surface area contributed by atoms with Crippen LogP contribution >= 0.6 is 11.3 Å². The third-order valence-corrected chi connectivity index (χ3v) is 3.00. The summed E-state index contributed by atoms with van der Waals surface area (Å²) in [6.45, 7) is 0.921. The van der Waals surface area contributed by atoms with E-state index in [4.69, 9.17) is 4.74 Å². The van der Waals surface area contributed by atoms with Gasteiger partial charge in [0, 0.05) is 24.5 Å². The van der Waals surface area contributed by atoms with Gasteiger partial charge >= 0.3 is 0 Å². The molecule has 0 aliphatic rings. The van der Waals surface area contributed by atoms with Crippen molar-refractivity contribution in [2.45, 2.75) is 6.42 Å². The van der Waals surface area contributed by atoms with Crippen LogP contribution in [0.4, 0.5) is 5.69 Å². The molecule has 2 aromatic heterocycles. The molecule has 0 aromatic carbocycles. The molecule has 0 spiro atoms. The summed E-state index contributed by atoms with van der Waals surface area (Å²) in [5.74, 6) is 0.639. The molecule has 0 fully saturated rings. The van der Waals surface area contributed by atoms with Gasteiger partial charge in [0.15, 0.2) is 0 Å². The molecule has 2 heterocycles. The SMILES string of the molecule is COc1cc(NCCc2ccsc2)ccn1. The van der Waals surface area contributed by atoms with Crippen molar-refractivity contribution >= 4 is 17.0 Å². The van der Waals surface area contributed by atoms with Crippen LogP contribution in [0.3, 0.4) is 0 Å². The zero-order chi connectivity index (χ0) is 11.2. The van der Waals surface area contributed by atoms with E-state index in [1.165, 1.54) is 5.56 Å². The van der Waals surface area contributed by atoms with Crippen molar-refractivity contribution in [1.29, 1.82) is 0 Å². The first-order valence-electron chi connectivity index (χ1n) is 5.13. The summed E-state index contributed by atoms with van der Waals surface area (Å²) >= 11 is 1.73. The molecule has 0 unspecified atom stereocenters. The van der Waals surface area contributed by atoms with Gasteiger partial charge in [0.25, 0.3) is 0 Å². The second-order valence-corrected chi connectivity index (χ2v) is 4.18. The Kier molecular flexibility index (Phi) is 3.77. The molecule has 0 aliphatic heterocycles. The van der Waals surface area contributed by atoms with Crippen LogP contribution in [-0.4, -0.2) is 18.6 Å². The van der Waals surface area contributed by atoms with E-state index in [1.807, 2.05) is 12.1 Å². The number of nitrogens with zero attached hydrogens (tertiary/aromatic N) is 1. The lowest BCUT2D eigenvalue weighted by molar-refractivity contribution is 0.398. The highest BCUT2D eigenvalue weighted by Crippen LogP contribution is 2.13. The zero-order valence-electron chi connectivity index (χ0n) is 9.14. The normalized spacial score (nSPS) is 10.1. The van der Waals surface area contributed by atoms with Crippen LogP contribution < -0.4 is 10.1 Å². The number of thiophene rings is 1. The summed E-state index contributed by atoms with van der Waals surface area (Å²) in [5, 5.41) is 7.62. The first kappa shape index (κ1) is 11.0. The maximum absolute atomic E-state index is 5.06. The fourth-order valence-electron chi connectivity index (χ4n) is 1.42. The Hall–Kier alpha value is -1.55. The molecule has 2 aromatic rings. The Labute approximate surface area is 99.1 Å². The maximum atomic E-state index is 5.06. The van der Waals surface area contributed by atoms with Crippen molar-refractivity contribution in [2.24, 2.45) is 0 Å². The molecular weight excluding hydrogens is 220 g/mol. The largest absolute Gasteiger partial charge is 0.481 e. The first-order chi connectivity index (χ1) is 7.88. The lowest BCUT2D eigenvalue weighted by Gasteiger charge is -2.06. The number of hydrogen-bond acceptors (Lipinski definition) is 4. The van der Waals surface area contributed by atoms with Crippen molar-refractivity contribution < 1.29 is 4.74 Å². The molecule has 0 aliphatic carbocycles. The fourth-order valence-corrected chi connectivity index (χ4v) is 2.12. The fraction of sp³-hybridized carbons (Fsp3) is 0.250. The van der Waals surface area contributed by atoms with Crippen LogP contribution in [0.25, 0.3) is 0 Å². The lowest BCUT2D eigenvalue weighted by atomic mass is 10.2. The summed E-state index contributed by atoms with van der Waals surface area (Å²) in [5.41, 5.74) is 2.42. The lowest BCUT2D eigenvalue weighted by Crippen LogP contribution is -2.04. The summed E-state index contributed by atoms with van der Waals surface area (Å²) in [6, 6.07) is 5.99. The van der Waals surface area contributed by atoms with Gasteiger partial charge < -0.3 is 10.1 Å². The van der Waals surface area contributed by atoms with Crippen LogP contribution in [-0.2, 0) is 6.42 Å². The van der Waals surface area contributed by atoms with Crippen LogP contribution in [0.5, 0.6) is 5.88 Å².